The number of rotatable bonds is 21. The fourth-order valence-electron chi connectivity index (χ4n) is 10.8. The highest BCUT2D eigenvalue weighted by Crippen LogP contribution is 2.54. The third kappa shape index (κ3) is 10.7. The fraction of sp³-hybridized carbons (Fsp3) is 0.902. The average molecular weight is 658 g/mol. The molecule has 1 heterocycles. The summed E-state index contributed by atoms with van der Waals surface area (Å²) < 4.78 is 23.3. The van der Waals surface area contributed by atoms with Crippen LogP contribution in [0.2, 0.25) is 0 Å². The summed E-state index contributed by atoms with van der Waals surface area (Å²) in [7, 11) is 0. The van der Waals surface area contributed by atoms with E-state index in [0.29, 0.717) is 24.0 Å². The molecule has 0 amide bonds. The first-order valence-electron chi connectivity index (χ1n) is 20.3. The number of unbranched alkanes of at least 4 members (excludes halogenated alkanes) is 6. The van der Waals surface area contributed by atoms with E-state index in [-0.39, 0.29) is 6.04 Å². The van der Waals surface area contributed by atoms with Crippen molar-refractivity contribution in [3.05, 3.63) is 25.7 Å². The second kappa shape index (κ2) is 19.9. The van der Waals surface area contributed by atoms with E-state index in [4.69, 9.17) is 18.9 Å². The van der Waals surface area contributed by atoms with Gasteiger partial charge >= 0.3 is 0 Å². The van der Waals surface area contributed by atoms with Crippen LogP contribution in [0.15, 0.2) is 25.7 Å². The highest BCUT2D eigenvalue weighted by molar-refractivity contribution is 5.07. The number of nitrogens with one attached hydrogen (secondary N) is 1. The fourth-order valence-corrected chi connectivity index (χ4v) is 10.8. The maximum Gasteiger partial charge on any atom is 0.0873 e. The summed E-state index contributed by atoms with van der Waals surface area (Å²) in [6, 6.07) is 0.289. The van der Waals surface area contributed by atoms with Crippen LogP contribution in [-0.4, -0.2) is 61.9 Å². The number of hydrogen-bond donors (Lipinski definition) is 2. The van der Waals surface area contributed by atoms with Gasteiger partial charge in [-0.2, -0.15) is 0 Å². The van der Waals surface area contributed by atoms with E-state index >= 15 is 0 Å². The van der Waals surface area contributed by atoms with Gasteiger partial charge < -0.3 is 29.4 Å². The molecule has 4 aliphatic carbocycles. The van der Waals surface area contributed by atoms with Gasteiger partial charge in [-0.15, -0.1) is 0 Å². The lowest BCUT2D eigenvalue weighted by atomic mass is 9.55. The Morgan fingerprint density at radius 2 is 1.00 bits per heavy atom. The van der Waals surface area contributed by atoms with E-state index in [1.807, 2.05) is 0 Å². The second-order valence-electron chi connectivity index (χ2n) is 16.1. The second-order valence-corrected chi connectivity index (χ2v) is 16.1. The molecule has 47 heavy (non-hydrogen) atoms. The minimum atomic E-state index is -0.541. The van der Waals surface area contributed by atoms with Crippen LogP contribution in [0, 0.1) is 35.5 Å². The van der Waals surface area contributed by atoms with Crippen LogP contribution in [-0.2, 0) is 18.9 Å². The van der Waals surface area contributed by atoms with Crippen molar-refractivity contribution in [1.82, 2.24) is 5.32 Å². The normalized spacial score (nSPS) is 35.3. The van der Waals surface area contributed by atoms with E-state index in [9.17, 15) is 5.11 Å². The molecular formula is C41H71NO5. The van der Waals surface area contributed by atoms with Crippen molar-refractivity contribution < 1.29 is 24.1 Å². The monoisotopic (exact) mass is 658 g/mol. The highest BCUT2D eigenvalue weighted by atomic mass is 16.5. The molecule has 1 saturated heterocycles. The lowest BCUT2D eigenvalue weighted by Gasteiger charge is -2.54. The van der Waals surface area contributed by atoms with Gasteiger partial charge in [-0.05, 0) is 170 Å². The topological polar surface area (TPSA) is 69.2 Å². The zero-order valence-corrected chi connectivity index (χ0v) is 29.9. The Morgan fingerprint density at radius 3 is 1.45 bits per heavy atom. The van der Waals surface area contributed by atoms with Gasteiger partial charge in [0.1, 0.15) is 0 Å². The first-order valence-corrected chi connectivity index (χ1v) is 20.3. The van der Waals surface area contributed by atoms with Gasteiger partial charge in [0.2, 0.25) is 0 Å². The molecule has 270 valence electrons. The van der Waals surface area contributed by atoms with Gasteiger partial charge in [0, 0.05) is 19.3 Å². The van der Waals surface area contributed by atoms with Crippen LogP contribution in [0.3, 0.4) is 0 Å². The first-order chi connectivity index (χ1) is 23.1. The molecule has 0 aromatic heterocycles. The van der Waals surface area contributed by atoms with Crippen molar-refractivity contribution >= 4 is 0 Å². The standard InChI is InChI=1S/C41H71NO5/c1-3-44-24-9-5-7-11-26-46-38-21-17-32-28-36(19-15-34(32)30-38)41(43,40-14-13-23-42-40)37-20-16-35-31-39(22-18-33(35)29-37)47-27-12-8-6-10-25-45-4-2/h3-4,32-40,42-43H,1-2,5-31H2/t32?,33?,34?,35?,36?,37?,38?,39?,40-,41?/m0/s1. The number of fused-ring (bicyclic) bond motifs is 2. The summed E-state index contributed by atoms with van der Waals surface area (Å²) >= 11 is 0. The Morgan fingerprint density at radius 1 is 0.553 bits per heavy atom. The summed E-state index contributed by atoms with van der Waals surface area (Å²) in [5, 5.41) is 16.8. The summed E-state index contributed by atoms with van der Waals surface area (Å²) in [5.41, 5.74) is -0.541. The highest BCUT2D eigenvalue weighted by Gasteiger charge is 2.54. The Hall–Kier alpha value is -1.08. The Bertz CT molecular complexity index is 831. The van der Waals surface area contributed by atoms with E-state index in [0.717, 1.165) is 88.7 Å². The summed E-state index contributed by atoms with van der Waals surface area (Å²) in [5.74, 6) is 4.03. The molecule has 9 atom stereocenters. The van der Waals surface area contributed by atoms with Crippen LogP contribution in [0.1, 0.15) is 141 Å². The van der Waals surface area contributed by atoms with Crippen LogP contribution >= 0.6 is 0 Å². The van der Waals surface area contributed by atoms with Crippen LogP contribution in [0.25, 0.3) is 0 Å². The molecule has 2 N–H and O–H groups in total. The molecule has 0 aromatic rings. The largest absolute Gasteiger partial charge is 0.502 e. The molecule has 6 heteroatoms. The van der Waals surface area contributed by atoms with E-state index in [2.05, 4.69) is 18.5 Å². The van der Waals surface area contributed by atoms with Gasteiger partial charge in [0.05, 0.1) is 43.5 Å². The quantitative estimate of drug-likeness (QED) is 0.0948. The minimum absolute atomic E-state index is 0.289. The smallest absolute Gasteiger partial charge is 0.0873 e. The lowest BCUT2D eigenvalue weighted by molar-refractivity contribution is -0.143. The molecule has 5 fully saturated rings. The number of hydrogen-bond acceptors (Lipinski definition) is 6. The van der Waals surface area contributed by atoms with Crippen molar-refractivity contribution in [2.45, 2.75) is 165 Å². The van der Waals surface area contributed by atoms with Gasteiger partial charge in [-0.3, -0.25) is 0 Å². The zero-order valence-electron chi connectivity index (χ0n) is 29.9. The van der Waals surface area contributed by atoms with Crippen LogP contribution in [0.5, 0.6) is 0 Å². The van der Waals surface area contributed by atoms with E-state index in [1.54, 1.807) is 12.5 Å². The van der Waals surface area contributed by atoms with Crippen molar-refractivity contribution in [2.24, 2.45) is 35.5 Å². The summed E-state index contributed by atoms with van der Waals surface area (Å²) in [6.07, 6.45) is 30.7. The molecule has 6 nitrogen and oxygen atoms in total. The number of aliphatic hydroxyl groups is 1. The molecule has 0 bridgehead atoms. The van der Waals surface area contributed by atoms with Crippen LogP contribution in [0.4, 0.5) is 0 Å². The van der Waals surface area contributed by atoms with Gasteiger partial charge in [0.15, 0.2) is 0 Å². The molecular weight excluding hydrogens is 586 g/mol. The maximum atomic E-state index is 13.0. The average Bonchev–Trinajstić information content (AvgIpc) is 3.66. The Kier molecular flexibility index (Phi) is 15.8. The molecule has 1 aliphatic heterocycles. The third-order valence-corrected chi connectivity index (χ3v) is 13.3. The van der Waals surface area contributed by atoms with Gasteiger partial charge in [-0.1, -0.05) is 26.0 Å². The van der Waals surface area contributed by atoms with E-state index < -0.39 is 5.60 Å². The van der Waals surface area contributed by atoms with Gasteiger partial charge in [0.25, 0.3) is 0 Å². The van der Waals surface area contributed by atoms with Crippen molar-refractivity contribution in [3.63, 3.8) is 0 Å². The predicted molar refractivity (Wildman–Crippen MR) is 191 cm³/mol. The minimum Gasteiger partial charge on any atom is -0.502 e. The molecule has 5 rings (SSSR count). The molecule has 4 saturated carbocycles. The van der Waals surface area contributed by atoms with Gasteiger partial charge in [-0.25, -0.2) is 0 Å². The lowest BCUT2D eigenvalue weighted by Crippen LogP contribution is -2.60. The first kappa shape index (κ1) is 37.2. The van der Waals surface area contributed by atoms with Crippen molar-refractivity contribution in [1.29, 1.82) is 0 Å². The Balaban J connectivity index is 1.05. The Labute approximate surface area is 288 Å². The summed E-state index contributed by atoms with van der Waals surface area (Å²) in [6.45, 7) is 11.7. The summed E-state index contributed by atoms with van der Waals surface area (Å²) in [4.78, 5) is 0. The van der Waals surface area contributed by atoms with Crippen molar-refractivity contribution in [3.8, 4) is 0 Å². The molecule has 0 radical (unpaired) electrons. The maximum absolute atomic E-state index is 13.0. The van der Waals surface area contributed by atoms with Crippen LogP contribution < -0.4 is 5.32 Å². The SMILES string of the molecule is C=COCCCCCCOC1CCC2CC(C(O)(C3CCC4CC(OCCCCCCOC=C)CCC4C3)[C@@H]3CCCN3)CCC2C1. The molecule has 5 aliphatic rings. The predicted octanol–water partition coefficient (Wildman–Crippen LogP) is 9.11. The molecule has 8 unspecified atom stereocenters. The third-order valence-electron chi connectivity index (χ3n) is 13.3. The van der Waals surface area contributed by atoms with E-state index in [1.165, 1.54) is 109 Å². The zero-order chi connectivity index (χ0) is 32.7. The molecule has 0 aromatic carbocycles. The van der Waals surface area contributed by atoms with Crippen molar-refractivity contribution in [2.75, 3.05) is 33.0 Å². The number of ether oxygens (including phenoxy) is 4. The molecule has 0 spiro atoms.